The Hall–Kier alpha value is -5.13. The number of esters is 2. The molecular weight excluding hydrogens is 939 g/mol. The van der Waals surface area contributed by atoms with E-state index in [1.165, 1.54) is 71.2 Å². The first-order valence-electron chi connectivity index (χ1n) is 29.1. The number of nitrogens with one attached hydrogen (secondary N) is 1. The Kier molecular flexibility index (Phi) is 27.2. The smallest absolute Gasteiger partial charge is 0.306 e. The van der Waals surface area contributed by atoms with E-state index in [2.05, 4.69) is 97.2 Å². The second-order valence-electron chi connectivity index (χ2n) is 21.1. The summed E-state index contributed by atoms with van der Waals surface area (Å²) >= 11 is 0. The molecule has 1 amide bonds. The fourth-order valence-electron chi connectivity index (χ4n) is 10.4. The van der Waals surface area contributed by atoms with Gasteiger partial charge in [-0.3, -0.25) is 14.4 Å². The molecule has 10 heteroatoms. The molecule has 0 aliphatic carbocycles. The highest BCUT2D eigenvalue weighted by atomic mass is 16.7. The summed E-state index contributed by atoms with van der Waals surface area (Å²) in [6.45, 7) is 1.76. The van der Waals surface area contributed by atoms with Crippen LogP contribution >= 0.6 is 0 Å². The van der Waals surface area contributed by atoms with Crippen LogP contribution in [0.1, 0.15) is 184 Å². The second-order valence-corrected chi connectivity index (χ2v) is 21.1. The lowest BCUT2D eigenvalue weighted by atomic mass is 9.95. The molecule has 5 aromatic carbocycles. The SMILES string of the molecule is CCCCCCCCCCCCC(OC(=O)CCCCCCCCc1ccc2ccccc2c1)C(=O)N[C@H]1[C@H](OCc2ccccc2)O[C@H](CO)[C@@H](O)[C@@H]1OC(=O)CCCCCCCCc1ccc2ccccc2c1. The zero-order chi connectivity index (χ0) is 52.7. The lowest BCUT2D eigenvalue weighted by molar-refractivity contribution is -0.277. The van der Waals surface area contributed by atoms with E-state index in [1.54, 1.807) is 0 Å². The first kappa shape index (κ1) is 59.1. The number of carbonyl (C=O) groups excluding carboxylic acids is 3. The summed E-state index contributed by atoms with van der Waals surface area (Å²) in [5.41, 5.74) is 3.55. The number of rotatable bonds is 37. The number of fused-ring (bicyclic) bond motifs is 2. The van der Waals surface area contributed by atoms with Gasteiger partial charge in [0.1, 0.15) is 18.2 Å². The van der Waals surface area contributed by atoms with Crippen molar-refractivity contribution in [3.05, 3.63) is 132 Å². The summed E-state index contributed by atoms with van der Waals surface area (Å²) in [6, 6.07) is 38.6. The van der Waals surface area contributed by atoms with Crippen LogP contribution < -0.4 is 5.32 Å². The number of ether oxygens (including phenoxy) is 4. The van der Waals surface area contributed by atoms with Gasteiger partial charge in [-0.15, -0.1) is 0 Å². The molecule has 408 valence electrons. The predicted octanol–water partition coefficient (Wildman–Crippen LogP) is 14.2. The van der Waals surface area contributed by atoms with E-state index in [1.807, 2.05) is 30.3 Å². The van der Waals surface area contributed by atoms with Crippen molar-refractivity contribution < 1.29 is 43.5 Å². The van der Waals surface area contributed by atoms with Gasteiger partial charge in [0.25, 0.3) is 5.91 Å². The Morgan fingerprint density at radius 2 is 1.03 bits per heavy atom. The highest BCUT2D eigenvalue weighted by Crippen LogP contribution is 2.28. The van der Waals surface area contributed by atoms with Crippen LogP contribution in [0.15, 0.2) is 115 Å². The van der Waals surface area contributed by atoms with E-state index in [9.17, 15) is 24.6 Å². The minimum absolute atomic E-state index is 0.0938. The van der Waals surface area contributed by atoms with Crippen molar-refractivity contribution in [3.63, 3.8) is 0 Å². The maximum Gasteiger partial charge on any atom is 0.306 e. The number of amides is 1. The van der Waals surface area contributed by atoms with Gasteiger partial charge in [-0.05, 0) is 89.6 Å². The van der Waals surface area contributed by atoms with E-state index >= 15 is 0 Å². The Labute approximate surface area is 448 Å². The Morgan fingerprint density at radius 1 is 0.547 bits per heavy atom. The summed E-state index contributed by atoms with van der Waals surface area (Å²) in [5.74, 6) is -1.51. The maximum absolute atomic E-state index is 14.5. The number of aryl methyl sites for hydroxylation is 2. The molecule has 1 aliphatic rings. The molecule has 1 heterocycles. The summed E-state index contributed by atoms with van der Waals surface area (Å²) in [4.78, 5) is 41.6. The van der Waals surface area contributed by atoms with Crippen LogP contribution in [0.25, 0.3) is 21.5 Å². The lowest BCUT2D eigenvalue weighted by Crippen LogP contribution is -2.66. The summed E-state index contributed by atoms with van der Waals surface area (Å²) in [7, 11) is 0. The first-order valence-corrected chi connectivity index (χ1v) is 29.1. The molecule has 0 aromatic heterocycles. The number of hydrogen-bond acceptors (Lipinski definition) is 9. The number of unbranched alkanes of at least 4 members (excludes halogenated alkanes) is 19. The molecule has 1 fully saturated rings. The van der Waals surface area contributed by atoms with Crippen molar-refractivity contribution in [2.45, 2.75) is 224 Å². The van der Waals surface area contributed by atoms with Gasteiger partial charge in [-0.2, -0.15) is 0 Å². The molecule has 1 saturated heterocycles. The van der Waals surface area contributed by atoms with Crippen molar-refractivity contribution in [3.8, 4) is 0 Å². The highest BCUT2D eigenvalue weighted by molar-refractivity contribution is 5.85. The van der Waals surface area contributed by atoms with Gasteiger partial charge in [-0.25, -0.2) is 0 Å². The van der Waals surface area contributed by atoms with Crippen LogP contribution in [0.5, 0.6) is 0 Å². The quantitative estimate of drug-likeness (QED) is 0.0262. The standard InChI is InChI=1S/C65H89NO9/c1-2-3-4-5-6-7-8-9-16-24-39-57(73-59(68)40-25-17-12-10-14-20-31-50-42-44-53-35-27-29-37-55(53)46-50)64(71)66-61-63(62(70)58(48-67)74-65(61)72-49-52-33-22-19-23-34-52)75-60(69)41-26-18-13-11-15-21-32-51-43-45-54-36-28-30-38-56(54)47-51/h19,22-23,27-30,33-38,42-47,57-58,61-63,65,67,70H,2-18,20-21,24-26,31-32,39-41,48-49H2,1H3,(H,66,71)/t57?,58-,61-,62-,63-,65-/m1/s1. The third-order valence-corrected chi connectivity index (χ3v) is 14.9. The van der Waals surface area contributed by atoms with Gasteiger partial charge in [0.2, 0.25) is 0 Å². The van der Waals surface area contributed by atoms with Gasteiger partial charge in [0.05, 0.1) is 13.2 Å². The second kappa shape index (κ2) is 34.5. The van der Waals surface area contributed by atoms with Gasteiger partial charge in [-0.1, -0.05) is 231 Å². The van der Waals surface area contributed by atoms with Crippen LogP contribution in [0.3, 0.4) is 0 Å². The van der Waals surface area contributed by atoms with E-state index in [0.29, 0.717) is 25.7 Å². The average Bonchev–Trinajstić information content (AvgIpc) is 3.43. The predicted molar refractivity (Wildman–Crippen MR) is 301 cm³/mol. The van der Waals surface area contributed by atoms with Crippen LogP contribution in [0, 0.1) is 0 Å². The monoisotopic (exact) mass is 1030 g/mol. The molecule has 5 aromatic rings. The number of aliphatic hydroxyl groups excluding tert-OH is 2. The van der Waals surface area contributed by atoms with Crippen LogP contribution in [-0.4, -0.2) is 71.4 Å². The molecule has 0 radical (unpaired) electrons. The van der Waals surface area contributed by atoms with Crippen LogP contribution in [-0.2, 0) is 52.8 Å². The molecule has 1 aliphatic heterocycles. The largest absolute Gasteiger partial charge is 0.457 e. The molecule has 0 bridgehead atoms. The van der Waals surface area contributed by atoms with Crippen molar-refractivity contribution in [2.24, 2.45) is 0 Å². The fourth-order valence-corrected chi connectivity index (χ4v) is 10.4. The highest BCUT2D eigenvalue weighted by Gasteiger charge is 2.49. The van der Waals surface area contributed by atoms with Gasteiger partial charge >= 0.3 is 11.9 Å². The molecule has 3 N–H and O–H groups in total. The third-order valence-electron chi connectivity index (χ3n) is 14.9. The normalized spacial score (nSPS) is 18.0. The van der Waals surface area contributed by atoms with Gasteiger partial charge in [0.15, 0.2) is 18.5 Å². The Bertz CT molecular complexity index is 2390. The zero-order valence-corrected chi connectivity index (χ0v) is 45.2. The molecular formula is C65H89NO9. The minimum Gasteiger partial charge on any atom is -0.457 e. The molecule has 0 spiro atoms. The molecule has 6 atom stereocenters. The summed E-state index contributed by atoms with van der Waals surface area (Å²) in [5, 5.41) is 30.0. The zero-order valence-electron chi connectivity index (χ0n) is 45.2. The average molecular weight is 1030 g/mol. The third kappa shape index (κ3) is 21.4. The Morgan fingerprint density at radius 3 is 1.57 bits per heavy atom. The van der Waals surface area contributed by atoms with E-state index < -0.39 is 61.2 Å². The fraction of sp³-hybridized carbons (Fsp3) is 0.554. The lowest BCUT2D eigenvalue weighted by Gasteiger charge is -2.44. The summed E-state index contributed by atoms with van der Waals surface area (Å²) in [6.07, 6.45) is 19.3. The van der Waals surface area contributed by atoms with E-state index in [-0.39, 0.29) is 19.4 Å². The molecule has 1 unspecified atom stereocenters. The van der Waals surface area contributed by atoms with Gasteiger partial charge < -0.3 is 34.5 Å². The number of carbonyl (C=O) groups is 3. The number of benzene rings is 5. The minimum atomic E-state index is -1.47. The van der Waals surface area contributed by atoms with Crippen molar-refractivity contribution in [1.29, 1.82) is 0 Å². The summed E-state index contributed by atoms with van der Waals surface area (Å²) < 4.78 is 24.4. The number of hydrogen-bond donors (Lipinski definition) is 3. The van der Waals surface area contributed by atoms with Crippen molar-refractivity contribution >= 4 is 39.4 Å². The molecule has 0 saturated carbocycles. The molecule has 10 nitrogen and oxygen atoms in total. The molecule has 6 rings (SSSR count). The molecule has 75 heavy (non-hydrogen) atoms. The van der Waals surface area contributed by atoms with Crippen molar-refractivity contribution in [1.82, 2.24) is 5.32 Å². The maximum atomic E-state index is 14.5. The first-order chi connectivity index (χ1) is 36.8. The van der Waals surface area contributed by atoms with Crippen LogP contribution in [0.2, 0.25) is 0 Å². The topological polar surface area (TPSA) is 141 Å². The van der Waals surface area contributed by atoms with E-state index in [4.69, 9.17) is 18.9 Å². The van der Waals surface area contributed by atoms with E-state index in [0.717, 1.165) is 102 Å². The van der Waals surface area contributed by atoms with Crippen LogP contribution in [0.4, 0.5) is 0 Å². The number of aliphatic hydroxyl groups is 2. The van der Waals surface area contributed by atoms with Crippen molar-refractivity contribution in [2.75, 3.05) is 6.61 Å². The Balaban J connectivity index is 1.01. The van der Waals surface area contributed by atoms with Gasteiger partial charge in [0, 0.05) is 12.8 Å².